The van der Waals surface area contributed by atoms with Crippen LogP contribution in [0.5, 0.6) is 0 Å². The van der Waals surface area contributed by atoms with Crippen molar-refractivity contribution in [2.75, 3.05) is 5.32 Å². The second-order valence-corrected chi connectivity index (χ2v) is 6.06. The Morgan fingerprint density at radius 3 is 2.62 bits per heavy atom. The van der Waals surface area contributed by atoms with Crippen LogP contribution in [0, 0.1) is 17.0 Å². The van der Waals surface area contributed by atoms with E-state index in [2.05, 4.69) is 21.2 Å². The molecule has 0 fully saturated rings. The molecule has 110 valence electrons. The summed E-state index contributed by atoms with van der Waals surface area (Å²) in [4.78, 5) is 10.6. The number of halogens is 2. The van der Waals surface area contributed by atoms with Crippen molar-refractivity contribution < 1.29 is 4.92 Å². The molecule has 0 spiro atoms. The molecule has 2 aromatic rings. The number of aryl methyl sites for hydroxylation is 1. The Labute approximate surface area is 136 Å². The Bertz CT molecular complexity index is 691. The molecule has 0 bridgehead atoms. The molecule has 1 unspecified atom stereocenters. The molecule has 0 saturated carbocycles. The van der Waals surface area contributed by atoms with Gasteiger partial charge in [0.15, 0.2) is 0 Å². The van der Waals surface area contributed by atoms with Gasteiger partial charge in [0, 0.05) is 27.8 Å². The highest BCUT2D eigenvalue weighted by molar-refractivity contribution is 9.10. The minimum Gasteiger partial charge on any atom is -0.378 e. The maximum absolute atomic E-state index is 11.0. The molecule has 0 heterocycles. The molecule has 0 amide bonds. The van der Waals surface area contributed by atoms with Crippen LogP contribution in [-0.2, 0) is 0 Å². The molecular weight excluding hydrogens is 356 g/mol. The van der Waals surface area contributed by atoms with Crippen LogP contribution < -0.4 is 5.32 Å². The molecule has 6 heteroatoms. The van der Waals surface area contributed by atoms with E-state index in [0.717, 1.165) is 15.7 Å². The van der Waals surface area contributed by atoms with Crippen molar-refractivity contribution in [1.29, 1.82) is 0 Å². The molecule has 0 aliphatic carbocycles. The van der Waals surface area contributed by atoms with Gasteiger partial charge >= 0.3 is 0 Å². The number of hydrogen-bond acceptors (Lipinski definition) is 3. The van der Waals surface area contributed by atoms with Crippen LogP contribution in [0.15, 0.2) is 40.9 Å². The van der Waals surface area contributed by atoms with E-state index in [1.807, 2.05) is 25.1 Å². The predicted molar refractivity (Wildman–Crippen MR) is 89.0 cm³/mol. The second kappa shape index (κ2) is 6.45. The van der Waals surface area contributed by atoms with Gasteiger partial charge in [0.1, 0.15) is 0 Å². The first-order valence-corrected chi connectivity index (χ1v) is 7.52. The lowest BCUT2D eigenvalue weighted by Gasteiger charge is -2.16. The zero-order valence-electron chi connectivity index (χ0n) is 11.6. The first kappa shape index (κ1) is 15.8. The molecule has 0 radical (unpaired) electrons. The van der Waals surface area contributed by atoms with Crippen LogP contribution in [0.4, 0.5) is 11.4 Å². The quantitative estimate of drug-likeness (QED) is 0.572. The van der Waals surface area contributed by atoms with Gasteiger partial charge in [-0.15, -0.1) is 0 Å². The third-order valence-corrected chi connectivity index (χ3v) is 4.45. The lowest BCUT2D eigenvalue weighted by molar-refractivity contribution is -0.385. The second-order valence-electron chi connectivity index (χ2n) is 4.80. The zero-order valence-corrected chi connectivity index (χ0v) is 13.9. The fraction of sp³-hybridized carbons (Fsp3) is 0.200. The molecule has 2 rings (SSSR count). The van der Waals surface area contributed by atoms with Gasteiger partial charge in [0.05, 0.1) is 9.95 Å². The fourth-order valence-electron chi connectivity index (χ4n) is 2.01. The van der Waals surface area contributed by atoms with Crippen LogP contribution in [0.25, 0.3) is 0 Å². The SMILES string of the molecule is Cc1ccc(C(C)Nc2ccc(Cl)c(Br)c2)cc1[N+](=O)[O-]. The standard InChI is InChI=1S/C15H14BrClN2O2/c1-9-3-4-11(7-15(9)19(20)21)10(2)18-12-5-6-14(17)13(16)8-12/h3-8,10,18H,1-2H3. The highest BCUT2D eigenvalue weighted by Crippen LogP contribution is 2.29. The molecule has 21 heavy (non-hydrogen) atoms. The van der Waals surface area contributed by atoms with Crippen molar-refractivity contribution in [2.24, 2.45) is 0 Å². The smallest absolute Gasteiger partial charge is 0.272 e. The molecule has 0 aliphatic rings. The highest BCUT2D eigenvalue weighted by Gasteiger charge is 2.14. The molecule has 4 nitrogen and oxygen atoms in total. The maximum atomic E-state index is 11.0. The van der Waals surface area contributed by atoms with Gasteiger partial charge in [-0.3, -0.25) is 10.1 Å². The Morgan fingerprint density at radius 2 is 2.00 bits per heavy atom. The topological polar surface area (TPSA) is 55.2 Å². The molecule has 1 atom stereocenters. The number of nitro groups is 1. The number of anilines is 1. The number of rotatable bonds is 4. The first-order chi connectivity index (χ1) is 9.88. The van der Waals surface area contributed by atoms with Crippen LogP contribution in [-0.4, -0.2) is 4.92 Å². The van der Waals surface area contributed by atoms with Gasteiger partial charge in [-0.2, -0.15) is 0 Å². The Morgan fingerprint density at radius 1 is 1.29 bits per heavy atom. The van der Waals surface area contributed by atoms with E-state index < -0.39 is 0 Å². The van der Waals surface area contributed by atoms with Crippen molar-refractivity contribution in [3.05, 3.63) is 67.1 Å². The van der Waals surface area contributed by atoms with Crippen molar-refractivity contribution >= 4 is 38.9 Å². The average molecular weight is 370 g/mol. The third-order valence-electron chi connectivity index (χ3n) is 3.23. The normalized spacial score (nSPS) is 12.0. The molecule has 0 aromatic heterocycles. The van der Waals surface area contributed by atoms with Crippen LogP contribution in [0.2, 0.25) is 5.02 Å². The van der Waals surface area contributed by atoms with Crippen molar-refractivity contribution in [1.82, 2.24) is 0 Å². The summed E-state index contributed by atoms with van der Waals surface area (Å²) in [6, 6.07) is 10.7. The van der Waals surface area contributed by atoms with E-state index in [0.29, 0.717) is 10.6 Å². The first-order valence-electron chi connectivity index (χ1n) is 6.35. The van der Waals surface area contributed by atoms with Gasteiger partial charge in [0.2, 0.25) is 0 Å². The van der Waals surface area contributed by atoms with E-state index in [1.54, 1.807) is 25.1 Å². The number of benzene rings is 2. The van der Waals surface area contributed by atoms with Crippen molar-refractivity contribution in [3.8, 4) is 0 Å². The Balaban J connectivity index is 2.23. The molecule has 0 saturated heterocycles. The van der Waals surface area contributed by atoms with Gasteiger partial charge in [-0.25, -0.2) is 0 Å². The van der Waals surface area contributed by atoms with Crippen LogP contribution in [0.1, 0.15) is 24.1 Å². The van der Waals surface area contributed by atoms with Gasteiger partial charge in [-0.05, 0) is 53.5 Å². The van der Waals surface area contributed by atoms with E-state index in [-0.39, 0.29) is 16.7 Å². The average Bonchev–Trinajstić information content (AvgIpc) is 2.43. The van der Waals surface area contributed by atoms with Gasteiger partial charge < -0.3 is 5.32 Å². The van der Waals surface area contributed by atoms with E-state index in [4.69, 9.17) is 11.6 Å². The summed E-state index contributed by atoms with van der Waals surface area (Å²) >= 11 is 9.33. The molecular formula is C15H14BrClN2O2. The minimum absolute atomic E-state index is 0.0580. The summed E-state index contributed by atoms with van der Waals surface area (Å²) in [5.41, 5.74) is 2.55. The monoisotopic (exact) mass is 368 g/mol. The minimum atomic E-state index is -0.357. The lowest BCUT2D eigenvalue weighted by atomic mass is 10.0. The Kier molecular flexibility index (Phi) is 4.85. The number of hydrogen-bond donors (Lipinski definition) is 1. The van der Waals surface area contributed by atoms with Crippen molar-refractivity contribution in [2.45, 2.75) is 19.9 Å². The van der Waals surface area contributed by atoms with Crippen molar-refractivity contribution in [3.63, 3.8) is 0 Å². The number of nitro benzene ring substituents is 1. The van der Waals surface area contributed by atoms with Gasteiger partial charge in [-0.1, -0.05) is 23.7 Å². The number of nitrogens with one attached hydrogen (secondary N) is 1. The Hall–Kier alpha value is -1.59. The lowest BCUT2D eigenvalue weighted by Crippen LogP contribution is -2.07. The summed E-state index contributed by atoms with van der Waals surface area (Å²) in [7, 11) is 0. The summed E-state index contributed by atoms with van der Waals surface area (Å²) in [6.07, 6.45) is 0. The highest BCUT2D eigenvalue weighted by atomic mass is 79.9. The summed E-state index contributed by atoms with van der Waals surface area (Å²) in [6.45, 7) is 3.69. The molecule has 0 aliphatic heterocycles. The van der Waals surface area contributed by atoms with Crippen LogP contribution >= 0.6 is 27.5 Å². The van der Waals surface area contributed by atoms with Gasteiger partial charge in [0.25, 0.3) is 5.69 Å². The van der Waals surface area contributed by atoms with E-state index in [9.17, 15) is 10.1 Å². The summed E-state index contributed by atoms with van der Waals surface area (Å²) in [5, 5.41) is 14.9. The molecule has 1 N–H and O–H groups in total. The molecule has 2 aromatic carbocycles. The fourth-order valence-corrected chi connectivity index (χ4v) is 2.51. The van der Waals surface area contributed by atoms with Crippen LogP contribution in [0.3, 0.4) is 0 Å². The number of nitrogens with zero attached hydrogens (tertiary/aromatic N) is 1. The largest absolute Gasteiger partial charge is 0.378 e. The summed E-state index contributed by atoms with van der Waals surface area (Å²) in [5.74, 6) is 0. The third kappa shape index (κ3) is 3.74. The predicted octanol–water partition coefficient (Wildman–Crippen LogP) is 5.49. The summed E-state index contributed by atoms with van der Waals surface area (Å²) < 4.78 is 0.802. The van der Waals surface area contributed by atoms with E-state index >= 15 is 0 Å². The zero-order chi connectivity index (χ0) is 15.6. The maximum Gasteiger partial charge on any atom is 0.272 e. The van der Waals surface area contributed by atoms with E-state index in [1.165, 1.54) is 0 Å².